The molecule has 0 unspecified atom stereocenters. The zero-order chi connectivity index (χ0) is 18.8. The third-order valence-corrected chi connectivity index (χ3v) is 3.91. The van der Waals surface area contributed by atoms with Crippen LogP contribution in [0.25, 0.3) is 0 Å². The predicted octanol–water partition coefficient (Wildman–Crippen LogP) is 3.92. The first-order chi connectivity index (χ1) is 11.6. The molecular weight excluding hydrogens is 394 g/mol. The maximum Gasteiger partial charge on any atom is 0.362 e. The van der Waals surface area contributed by atoms with Crippen molar-refractivity contribution in [2.75, 3.05) is 6.35 Å². The smallest absolute Gasteiger partial charge is 0.362 e. The van der Waals surface area contributed by atoms with Crippen LogP contribution in [-0.4, -0.2) is 31.2 Å². The highest BCUT2D eigenvalue weighted by Crippen LogP contribution is 2.41. The molecular formula is C14H15Cl2N2O6P. The number of aromatic hydroxyl groups is 1. The number of hydrogen-bond acceptors (Lipinski definition) is 6. The van der Waals surface area contributed by atoms with Crippen molar-refractivity contribution in [3.8, 4) is 23.3 Å². The van der Waals surface area contributed by atoms with Crippen molar-refractivity contribution in [3.63, 3.8) is 0 Å². The highest BCUT2D eigenvalue weighted by atomic mass is 35.5. The molecule has 2 aromatic rings. The van der Waals surface area contributed by atoms with Gasteiger partial charge >= 0.3 is 13.6 Å². The lowest BCUT2D eigenvalue weighted by atomic mass is 10.1. The Hall–Kier alpha value is -1.57. The van der Waals surface area contributed by atoms with E-state index in [9.17, 15) is 9.67 Å². The van der Waals surface area contributed by atoms with Crippen molar-refractivity contribution in [1.29, 1.82) is 0 Å². The van der Waals surface area contributed by atoms with Gasteiger partial charge in [-0.2, -0.15) is 9.97 Å². The molecule has 3 N–H and O–H groups in total. The third-order valence-electron chi connectivity index (χ3n) is 2.89. The summed E-state index contributed by atoms with van der Waals surface area (Å²) in [4.78, 5) is 25.6. The summed E-state index contributed by atoms with van der Waals surface area (Å²) >= 11 is 12.2. The third kappa shape index (κ3) is 5.45. The van der Waals surface area contributed by atoms with E-state index in [1.165, 1.54) is 18.3 Å². The fourth-order valence-corrected chi connectivity index (χ4v) is 2.67. The molecule has 0 amide bonds. The summed E-state index contributed by atoms with van der Waals surface area (Å²) in [5, 5.41) is 9.80. The summed E-state index contributed by atoms with van der Waals surface area (Å²) < 4.78 is 21.3. The summed E-state index contributed by atoms with van der Waals surface area (Å²) in [5.41, 5.74) is 0.402. The Labute approximate surface area is 153 Å². The highest BCUT2D eigenvalue weighted by molar-refractivity contribution is 7.51. The van der Waals surface area contributed by atoms with Gasteiger partial charge in [0, 0.05) is 12.1 Å². The van der Waals surface area contributed by atoms with E-state index >= 15 is 0 Å². The molecule has 2 rings (SSSR count). The van der Waals surface area contributed by atoms with Gasteiger partial charge < -0.3 is 24.4 Å². The molecule has 0 atom stereocenters. The average Bonchev–Trinajstić information content (AvgIpc) is 2.49. The van der Waals surface area contributed by atoms with Crippen molar-refractivity contribution >= 4 is 30.8 Å². The predicted molar refractivity (Wildman–Crippen MR) is 91.9 cm³/mol. The van der Waals surface area contributed by atoms with Crippen LogP contribution in [0.1, 0.15) is 25.5 Å². The first kappa shape index (κ1) is 19.8. The first-order valence-corrected chi connectivity index (χ1v) is 9.52. The molecule has 0 saturated carbocycles. The van der Waals surface area contributed by atoms with Crippen LogP contribution in [0.2, 0.25) is 10.0 Å². The number of aromatic nitrogens is 2. The Balaban J connectivity index is 2.26. The lowest BCUT2D eigenvalue weighted by Gasteiger charge is -2.13. The average molecular weight is 409 g/mol. The van der Waals surface area contributed by atoms with E-state index < -0.39 is 13.9 Å². The van der Waals surface area contributed by atoms with Crippen molar-refractivity contribution in [2.24, 2.45) is 0 Å². The van der Waals surface area contributed by atoms with Gasteiger partial charge in [0.15, 0.2) is 17.8 Å². The Morgan fingerprint density at radius 1 is 1.24 bits per heavy atom. The fourth-order valence-electron chi connectivity index (χ4n) is 1.81. The van der Waals surface area contributed by atoms with Crippen molar-refractivity contribution in [2.45, 2.75) is 19.8 Å². The fraction of sp³-hybridized carbons (Fsp3) is 0.286. The molecule has 0 aliphatic carbocycles. The van der Waals surface area contributed by atoms with Gasteiger partial charge in [-0.05, 0) is 5.92 Å². The number of rotatable bonds is 6. The lowest BCUT2D eigenvalue weighted by Crippen LogP contribution is -2.00. The standard InChI is InChI=1S/C14H15Cl2N2O6P/c1-7(2)12-11(19)5-17-14(18-12)24-13-9(15)3-8(4-10(13)16)23-6-25(20,21)22/h3-5,7,19H,6H2,1-2H3,(H2,20,21,22). The minimum absolute atomic E-state index is 0.0379. The molecule has 0 radical (unpaired) electrons. The summed E-state index contributed by atoms with van der Waals surface area (Å²) in [5.74, 6) is 0.00730. The van der Waals surface area contributed by atoms with Gasteiger partial charge in [-0.15, -0.1) is 0 Å². The topological polar surface area (TPSA) is 122 Å². The van der Waals surface area contributed by atoms with E-state index in [2.05, 4.69) is 9.97 Å². The molecule has 1 aromatic carbocycles. The van der Waals surface area contributed by atoms with Gasteiger partial charge in [0.25, 0.3) is 0 Å². The molecule has 0 saturated heterocycles. The summed E-state index contributed by atoms with van der Waals surface area (Å²) in [6.45, 7) is 3.69. The van der Waals surface area contributed by atoms with Crippen LogP contribution in [0.4, 0.5) is 0 Å². The molecule has 0 fully saturated rings. The van der Waals surface area contributed by atoms with Crippen LogP contribution in [0.15, 0.2) is 18.3 Å². The zero-order valence-electron chi connectivity index (χ0n) is 13.2. The zero-order valence-corrected chi connectivity index (χ0v) is 15.6. The van der Waals surface area contributed by atoms with Gasteiger partial charge in [-0.3, -0.25) is 4.57 Å². The number of benzene rings is 1. The van der Waals surface area contributed by atoms with Gasteiger partial charge in [0.2, 0.25) is 0 Å². The highest BCUT2D eigenvalue weighted by Gasteiger charge is 2.18. The molecule has 0 spiro atoms. The lowest BCUT2D eigenvalue weighted by molar-refractivity contribution is 0.300. The number of hydrogen-bond donors (Lipinski definition) is 3. The monoisotopic (exact) mass is 408 g/mol. The Morgan fingerprint density at radius 3 is 2.36 bits per heavy atom. The maximum absolute atomic E-state index is 10.8. The molecule has 0 aliphatic rings. The Kier molecular flexibility index (Phi) is 6.13. The van der Waals surface area contributed by atoms with Gasteiger partial charge in [-0.1, -0.05) is 37.0 Å². The van der Waals surface area contributed by atoms with Crippen LogP contribution in [0, 0.1) is 0 Å². The first-order valence-electron chi connectivity index (χ1n) is 6.97. The van der Waals surface area contributed by atoms with Crippen LogP contribution >= 0.6 is 30.8 Å². The van der Waals surface area contributed by atoms with Gasteiger partial charge in [0.1, 0.15) is 5.75 Å². The SMILES string of the molecule is CC(C)c1nc(Oc2c(Cl)cc(OCP(=O)(O)O)cc2Cl)ncc1O. The molecule has 0 aliphatic heterocycles. The van der Waals surface area contributed by atoms with Crippen LogP contribution in [0.3, 0.4) is 0 Å². The molecule has 1 heterocycles. The van der Waals surface area contributed by atoms with E-state index in [1.54, 1.807) is 0 Å². The number of ether oxygens (including phenoxy) is 2. The van der Waals surface area contributed by atoms with Crippen molar-refractivity contribution < 1.29 is 28.9 Å². The second-order valence-corrected chi connectivity index (χ2v) is 7.74. The minimum atomic E-state index is -4.33. The van der Waals surface area contributed by atoms with E-state index in [0.29, 0.717) is 5.69 Å². The second-order valence-electron chi connectivity index (χ2n) is 5.33. The van der Waals surface area contributed by atoms with Crippen molar-refractivity contribution in [3.05, 3.63) is 34.1 Å². The van der Waals surface area contributed by atoms with E-state index in [-0.39, 0.29) is 39.2 Å². The van der Waals surface area contributed by atoms with Gasteiger partial charge in [0.05, 0.1) is 21.9 Å². The molecule has 11 heteroatoms. The van der Waals surface area contributed by atoms with Crippen molar-refractivity contribution in [1.82, 2.24) is 9.97 Å². The molecule has 25 heavy (non-hydrogen) atoms. The van der Waals surface area contributed by atoms with Crippen LogP contribution < -0.4 is 9.47 Å². The molecule has 0 bridgehead atoms. The second kappa shape index (κ2) is 7.76. The van der Waals surface area contributed by atoms with Gasteiger partial charge in [-0.25, -0.2) is 0 Å². The van der Waals surface area contributed by atoms with E-state index in [1.807, 2.05) is 13.8 Å². The van der Waals surface area contributed by atoms with E-state index in [0.717, 1.165) is 0 Å². The Bertz CT molecular complexity index is 804. The maximum atomic E-state index is 10.8. The number of halogens is 2. The summed E-state index contributed by atoms with van der Waals surface area (Å²) in [6, 6.07) is 2.53. The van der Waals surface area contributed by atoms with Crippen LogP contribution in [-0.2, 0) is 4.57 Å². The van der Waals surface area contributed by atoms with E-state index in [4.69, 9.17) is 42.5 Å². The van der Waals surface area contributed by atoms with Crippen LogP contribution in [0.5, 0.6) is 23.3 Å². The molecule has 1 aromatic heterocycles. The largest absolute Gasteiger partial charge is 0.504 e. The normalized spacial score (nSPS) is 11.6. The minimum Gasteiger partial charge on any atom is -0.504 e. The molecule has 136 valence electrons. The quantitative estimate of drug-likeness (QED) is 0.614. The summed E-state index contributed by atoms with van der Waals surface area (Å²) in [6.07, 6.45) is 0.398. The summed E-state index contributed by atoms with van der Waals surface area (Å²) in [7, 11) is -4.33. The number of nitrogens with zero attached hydrogens (tertiary/aromatic N) is 2. The Morgan fingerprint density at radius 2 is 1.84 bits per heavy atom. The molecule has 8 nitrogen and oxygen atoms in total.